The molecule has 1 aromatic heterocycles. The molecule has 0 amide bonds. The Morgan fingerprint density at radius 2 is 2.19 bits per heavy atom. The van der Waals surface area contributed by atoms with Crippen LogP contribution in [0.25, 0.3) is 0 Å². The van der Waals surface area contributed by atoms with Gasteiger partial charge >= 0.3 is 0 Å². The number of aryl methyl sites for hydroxylation is 1. The Morgan fingerprint density at radius 1 is 1.50 bits per heavy atom. The standard InChI is InChI=1S/C11H18ClN3O/c1-5-16-11(3,4)7-14-9-8(2)6-13-10(12)15-9/h6H,5,7H2,1-4H3,(H,13,14,15). The van der Waals surface area contributed by atoms with E-state index in [0.717, 1.165) is 11.4 Å². The predicted octanol–water partition coefficient (Wildman–Crippen LogP) is 2.67. The minimum atomic E-state index is -0.224. The molecule has 0 saturated carbocycles. The van der Waals surface area contributed by atoms with Gasteiger partial charge in [0.25, 0.3) is 0 Å². The minimum absolute atomic E-state index is 0.224. The molecular weight excluding hydrogens is 226 g/mol. The van der Waals surface area contributed by atoms with Crippen molar-refractivity contribution >= 4 is 17.4 Å². The molecule has 0 atom stereocenters. The van der Waals surface area contributed by atoms with Crippen LogP contribution < -0.4 is 5.32 Å². The van der Waals surface area contributed by atoms with Crippen molar-refractivity contribution in [1.82, 2.24) is 9.97 Å². The van der Waals surface area contributed by atoms with Crippen LogP contribution in [-0.4, -0.2) is 28.7 Å². The Bertz CT molecular complexity index is 355. The number of aromatic nitrogens is 2. The topological polar surface area (TPSA) is 47.0 Å². The summed E-state index contributed by atoms with van der Waals surface area (Å²) in [6, 6.07) is 0. The van der Waals surface area contributed by atoms with Gasteiger partial charge in [0.05, 0.1) is 5.60 Å². The average Bonchev–Trinajstić information content (AvgIpc) is 2.19. The van der Waals surface area contributed by atoms with Crippen molar-refractivity contribution < 1.29 is 4.74 Å². The van der Waals surface area contributed by atoms with Gasteiger partial charge in [-0.05, 0) is 39.3 Å². The number of hydrogen-bond donors (Lipinski definition) is 1. The molecular formula is C11H18ClN3O. The number of halogens is 1. The van der Waals surface area contributed by atoms with Gasteiger partial charge in [-0.2, -0.15) is 0 Å². The van der Waals surface area contributed by atoms with Crippen molar-refractivity contribution in [1.29, 1.82) is 0 Å². The summed E-state index contributed by atoms with van der Waals surface area (Å²) in [5.41, 5.74) is 0.746. The van der Waals surface area contributed by atoms with Gasteiger partial charge in [-0.3, -0.25) is 0 Å². The van der Waals surface area contributed by atoms with Crippen molar-refractivity contribution in [2.45, 2.75) is 33.3 Å². The highest BCUT2D eigenvalue weighted by molar-refractivity contribution is 6.28. The van der Waals surface area contributed by atoms with E-state index in [9.17, 15) is 0 Å². The second kappa shape index (κ2) is 5.46. The number of hydrogen-bond acceptors (Lipinski definition) is 4. The molecule has 0 aliphatic carbocycles. The van der Waals surface area contributed by atoms with E-state index in [1.54, 1.807) is 6.20 Å². The Morgan fingerprint density at radius 3 is 2.81 bits per heavy atom. The van der Waals surface area contributed by atoms with Crippen LogP contribution in [0.15, 0.2) is 6.20 Å². The first-order chi connectivity index (χ1) is 7.44. The zero-order valence-corrected chi connectivity index (χ0v) is 10.9. The number of rotatable bonds is 5. The van der Waals surface area contributed by atoms with Gasteiger partial charge in [-0.25, -0.2) is 9.97 Å². The van der Waals surface area contributed by atoms with Crippen LogP contribution >= 0.6 is 11.6 Å². The number of nitrogens with one attached hydrogen (secondary N) is 1. The summed E-state index contributed by atoms with van der Waals surface area (Å²) in [5.74, 6) is 0.757. The number of anilines is 1. The molecule has 1 N–H and O–H groups in total. The van der Waals surface area contributed by atoms with E-state index in [0.29, 0.717) is 13.2 Å². The third-order valence-electron chi connectivity index (χ3n) is 2.16. The molecule has 1 heterocycles. The molecule has 0 bridgehead atoms. The maximum atomic E-state index is 5.73. The van der Waals surface area contributed by atoms with Crippen molar-refractivity contribution in [3.63, 3.8) is 0 Å². The lowest BCUT2D eigenvalue weighted by Gasteiger charge is -2.25. The minimum Gasteiger partial charge on any atom is -0.374 e. The summed E-state index contributed by atoms with van der Waals surface area (Å²) >= 11 is 5.73. The highest BCUT2D eigenvalue weighted by Gasteiger charge is 2.17. The van der Waals surface area contributed by atoms with E-state index < -0.39 is 0 Å². The molecule has 0 spiro atoms. The van der Waals surface area contributed by atoms with Gasteiger partial charge in [-0.15, -0.1) is 0 Å². The Kier molecular flexibility index (Phi) is 4.50. The molecule has 0 aliphatic rings. The fourth-order valence-corrected chi connectivity index (χ4v) is 1.47. The fraction of sp³-hybridized carbons (Fsp3) is 0.636. The zero-order chi connectivity index (χ0) is 12.2. The third kappa shape index (κ3) is 3.94. The SMILES string of the molecule is CCOC(C)(C)CNc1nc(Cl)ncc1C. The largest absolute Gasteiger partial charge is 0.374 e. The third-order valence-corrected chi connectivity index (χ3v) is 2.34. The quantitative estimate of drug-likeness (QED) is 0.808. The molecule has 90 valence electrons. The number of ether oxygens (including phenoxy) is 1. The van der Waals surface area contributed by atoms with Gasteiger partial charge in [0.15, 0.2) is 0 Å². The summed E-state index contributed by atoms with van der Waals surface area (Å²) in [6.45, 7) is 9.34. The Balaban J connectivity index is 2.63. The van der Waals surface area contributed by atoms with Crippen LogP contribution in [0.1, 0.15) is 26.3 Å². The first kappa shape index (κ1) is 13.2. The van der Waals surface area contributed by atoms with Gasteiger partial charge < -0.3 is 10.1 Å². The molecule has 1 aromatic rings. The summed E-state index contributed by atoms with van der Waals surface area (Å²) in [5, 5.41) is 3.47. The maximum absolute atomic E-state index is 5.73. The smallest absolute Gasteiger partial charge is 0.224 e. The molecule has 0 aliphatic heterocycles. The maximum Gasteiger partial charge on any atom is 0.224 e. The molecule has 0 radical (unpaired) electrons. The lowest BCUT2D eigenvalue weighted by molar-refractivity contribution is 0.000635. The molecule has 0 fully saturated rings. The molecule has 16 heavy (non-hydrogen) atoms. The number of nitrogens with zero attached hydrogens (tertiary/aromatic N) is 2. The summed E-state index contributed by atoms with van der Waals surface area (Å²) in [7, 11) is 0. The average molecular weight is 244 g/mol. The molecule has 4 nitrogen and oxygen atoms in total. The van der Waals surface area contributed by atoms with E-state index in [-0.39, 0.29) is 10.9 Å². The summed E-state index contributed by atoms with van der Waals surface area (Å²) in [6.07, 6.45) is 1.70. The molecule has 0 unspecified atom stereocenters. The zero-order valence-electron chi connectivity index (χ0n) is 10.2. The molecule has 1 rings (SSSR count). The fourth-order valence-electron chi connectivity index (χ4n) is 1.34. The Hall–Kier alpha value is -0.870. The lowest BCUT2D eigenvalue weighted by Crippen LogP contribution is -2.33. The molecule has 5 heteroatoms. The van der Waals surface area contributed by atoms with E-state index in [2.05, 4.69) is 15.3 Å². The first-order valence-corrected chi connectivity index (χ1v) is 5.69. The summed E-state index contributed by atoms with van der Waals surface area (Å²) < 4.78 is 5.58. The Labute approximate surface area is 101 Å². The molecule has 0 saturated heterocycles. The highest BCUT2D eigenvalue weighted by atomic mass is 35.5. The van der Waals surface area contributed by atoms with Crippen molar-refractivity contribution in [2.75, 3.05) is 18.5 Å². The normalized spacial score (nSPS) is 11.6. The van der Waals surface area contributed by atoms with Gasteiger partial charge in [0, 0.05) is 24.9 Å². The van der Waals surface area contributed by atoms with E-state index in [1.807, 2.05) is 27.7 Å². The van der Waals surface area contributed by atoms with Crippen LogP contribution in [0.2, 0.25) is 5.28 Å². The van der Waals surface area contributed by atoms with Gasteiger partial charge in [0.2, 0.25) is 5.28 Å². The van der Waals surface area contributed by atoms with Crippen LogP contribution in [0.5, 0.6) is 0 Å². The van der Waals surface area contributed by atoms with Crippen LogP contribution in [0.3, 0.4) is 0 Å². The summed E-state index contributed by atoms with van der Waals surface area (Å²) in [4.78, 5) is 8.03. The van der Waals surface area contributed by atoms with E-state index >= 15 is 0 Å². The van der Waals surface area contributed by atoms with Crippen molar-refractivity contribution in [3.05, 3.63) is 17.0 Å². The van der Waals surface area contributed by atoms with Gasteiger partial charge in [-0.1, -0.05) is 0 Å². The second-order valence-electron chi connectivity index (χ2n) is 4.22. The monoisotopic (exact) mass is 243 g/mol. The van der Waals surface area contributed by atoms with Crippen LogP contribution in [0.4, 0.5) is 5.82 Å². The van der Waals surface area contributed by atoms with Crippen LogP contribution in [-0.2, 0) is 4.74 Å². The predicted molar refractivity (Wildman–Crippen MR) is 66.0 cm³/mol. The van der Waals surface area contributed by atoms with Crippen molar-refractivity contribution in [3.8, 4) is 0 Å². The first-order valence-electron chi connectivity index (χ1n) is 5.31. The molecule has 0 aromatic carbocycles. The van der Waals surface area contributed by atoms with Gasteiger partial charge in [0.1, 0.15) is 5.82 Å². The highest BCUT2D eigenvalue weighted by Crippen LogP contribution is 2.15. The van der Waals surface area contributed by atoms with Crippen LogP contribution in [0, 0.1) is 6.92 Å². The van der Waals surface area contributed by atoms with Crippen molar-refractivity contribution in [2.24, 2.45) is 0 Å². The van der Waals surface area contributed by atoms with E-state index in [1.165, 1.54) is 0 Å². The lowest BCUT2D eigenvalue weighted by atomic mass is 10.1. The van der Waals surface area contributed by atoms with E-state index in [4.69, 9.17) is 16.3 Å². The second-order valence-corrected chi connectivity index (χ2v) is 4.55.